The van der Waals surface area contributed by atoms with Gasteiger partial charge in [-0.25, -0.2) is 0 Å². The lowest BCUT2D eigenvalue weighted by atomic mass is 10.2. The first-order valence-corrected chi connectivity index (χ1v) is 9.61. The Bertz CT molecular complexity index is 798. The molecule has 1 heterocycles. The van der Waals surface area contributed by atoms with Crippen LogP contribution in [-0.2, 0) is 14.3 Å². The number of hydrogen-bond donors (Lipinski definition) is 1. The van der Waals surface area contributed by atoms with E-state index >= 15 is 0 Å². The first-order chi connectivity index (χ1) is 13.6. The van der Waals surface area contributed by atoms with Crippen molar-refractivity contribution in [3.8, 4) is 5.75 Å². The maximum Gasteiger partial charge on any atom is 0.309 e. The predicted octanol–water partition coefficient (Wildman–Crippen LogP) is 3.55. The van der Waals surface area contributed by atoms with Gasteiger partial charge in [-0.3, -0.25) is 9.59 Å². The fourth-order valence-corrected chi connectivity index (χ4v) is 3.11. The summed E-state index contributed by atoms with van der Waals surface area (Å²) >= 11 is 0. The number of aryl methyl sites for hydroxylation is 1. The molecule has 3 rings (SSSR count). The lowest BCUT2D eigenvalue weighted by molar-refractivity contribution is -0.147. The second-order valence-electron chi connectivity index (χ2n) is 6.81. The Morgan fingerprint density at radius 1 is 1.04 bits per heavy atom. The van der Waals surface area contributed by atoms with Crippen LogP contribution >= 0.6 is 0 Å². The van der Waals surface area contributed by atoms with E-state index in [0.29, 0.717) is 5.69 Å². The second kappa shape index (κ2) is 9.78. The Hall–Kier alpha value is -3.02. The molecule has 0 unspecified atom stereocenters. The smallest absolute Gasteiger partial charge is 0.309 e. The van der Waals surface area contributed by atoms with Crippen molar-refractivity contribution in [2.24, 2.45) is 0 Å². The number of hydrogen-bond acceptors (Lipinski definition) is 5. The molecule has 1 aliphatic rings. The normalized spacial score (nSPS) is 13.2. The quantitative estimate of drug-likeness (QED) is 0.707. The van der Waals surface area contributed by atoms with E-state index in [1.165, 1.54) is 12.8 Å². The van der Waals surface area contributed by atoms with Crippen molar-refractivity contribution in [3.63, 3.8) is 0 Å². The molecule has 0 spiro atoms. The molecule has 28 heavy (non-hydrogen) atoms. The lowest BCUT2D eigenvalue weighted by Gasteiger charge is -2.17. The van der Waals surface area contributed by atoms with Crippen molar-refractivity contribution >= 4 is 23.3 Å². The molecule has 0 radical (unpaired) electrons. The number of nitrogens with one attached hydrogen (secondary N) is 1. The molecule has 2 aromatic rings. The van der Waals surface area contributed by atoms with Crippen LogP contribution in [0.15, 0.2) is 48.5 Å². The summed E-state index contributed by atoms with van der Waals surface area (Å²) < 4.78 is 10.6. The van der Waals surface area contributed by atoms with E-state index in [1.807, 2.05) is 55.5 Å². The summed E-state index contributed by atoms with van der Waals surface area (Å²) in [4.78, 5) is 26.1. The summed E-state index contributed by atoms with van der Waals surface area (Å²) in [5.74, 6) is -0.0827. The van der Waals surface area contributed by atoms with E-state index in [4.69, 9.17) is 9.47 Å². The largest absolute Gasteiger partial charge is 0.493 e. The summed E-state index contributed by atoms with van der Waals surface area (Å²) in [6.07, 6.45) is 2.53. The van der Waals surface area contributed by atoms with Gasteiger partial charge in [0.2, 0.25) is 0 Å². The van der Waals surface area contributed by atoms with Crippen LogP contribution < -0.4 is 15.0 Å². The minimum Gasteiger partial charge on any atom is -0.493 e. The van der Waals surface area contributed by atoms with Crippen molar-refractivity contribution in [2.45, 2.75) is 26.2 Å². The molecule has 1 N–H and O–H groups in total. The Morgan fingerprint density at radius 3 is 2.46 bits per heavy atom. The molecule has 2 aromatic carbocycles. The highest BCUT2D eigenvalue weighted by molar-refractivity contribution is 5.92. The third kappa shape index (κ3) is 5.74. The number of carbonyl (C=O) groups is 2. The molecule has 0 aliphatic carbocycles. The van der Waals surface area contributed by atoms with Crippen LogP contribution in [0.5, 0.6) is 5.75 Å². The Kier molecular flexibility index (Phi) is 6.89. The number of nitrogens with zero attached hydrogens (tertiary/aromatic N) is 1. The SMILES string of the molecule is Cc1ccccc1OCCC(=O)OCC(=O)Nc1ccc(N2CCCC2)cc1. The highest BCUT2D eigenvalue weighted by Crippen LogP contribution is 2.22. The molecular weight excluding hydrogens is 356 g/mol. The molecule has 0 saturated carbocycles. The van der Waals surface area contributed by atoms with Crippen LogP contribution in [-0.4, -0.2) is 38.2 Å². The van der Waals surface area contributed by atoms with Crippen molar-refractivity contribution < 1.29 is 19.1 Å². The maximum atomic E-state index is 12.0. The van der Waals surface area contributed by atoms with Crippen LogP contribution in [0.3, 0.4) is 0 Å². The van der Waals surface area contributed by atoms with E-state index < -0.39 is 5.97 Å². The Morgan fingerprint density at radius 2 is 1.75 bits per heavy atom. The lowest BCUT2D eigenvalue weighted by Crippen LogP contribution is -2.22. The van der Waals surface area contributed by atoms with Gasteiger partial charge in [-0.15, -0.1) is 0 Å². The number of amides is 1. The summed E-state index contributed by atoms with van der Waals surface area (Å²) in [7, 11) is 0. The fourth-order valence-electron chi connectivity index (χ4n) is 3.11. The summed E-state index contributed by atoms with van der Waals surface area (Å²) in [5.41, 5.74) is 2.86. The average molecular weight is 382 g/mol. The third-order valence-corrected chi connectivity index (χ3v) is 4.64. The maximum absolute atomic E-state index is 12.0. The van der Waals surface area contributed by atoms with E-state index in [1.54, 1.807) is 0 Å². The number of para-hydroxylation sites is 1. The minimum absolute atomic E-state index is 0.0894. The molecule has 6 nitrogen and oxygen atoms in total. The van der Waals surface area contributed by atoms with Gasteiger partial charge in [-0.1, -0.05) is 18.2 Å². The standard InChI is InChI=1S/C22H26N2O4/c1-17-6-2-3-7-20(17)27-15-12-22(26)28-16-21(25)23-18-8-10-19(11-9-18)24-13-4-5-14-24/h2-3,6-11H,4-5,12-16H2,1H3,(H,23,25). The Balaban J connectivity index is 1.35. The molecule has 0 bridgehead atoms. The highest BCUT2D eigenvalue weighted by atomic mass is 16.5. The van der Waals surface area contributed by atoms with Gasteiger partial charge in [-0.05, 0) is 55.7 Å². The average Bonchev–Trinajstić information content (AvgIpc) is 3.23. The zero-order valence-corrected chi connectivity index (χ0v) is 16.1. The van der Waals surface area contributed by atoms with Gasteiger partial charge in [0, 0.05) is 24.5 Å². The van der Waals surface area contributed by atoms with Crippen LogP contribution in [0.2, 0.25) is 0 Å². The number of esters is 1. The first-order valence-electron chi connectivity index (χ1n) is 9.61. The van der Waals surface area contributed by atoms with E-state index in [0.717, 1.165) is 30.1 Å². The zero-order valence-electron chi connectivity index (χ0n) is 16.1. The number of ether oxygens (including phenoxy) is 2. The summed E-state index contributed by atoms with van der Waals surface area (Å²) in [5, 5.41) is 2.74. The van der Waals surface area contributed by atoms with E-state index in [-0.39, 0.29) is 25.5 Å². The molecule has 0 atom stereocenters. The second-order valence-corrected chi connectivity index (χ2v) is 6.81. The Labute approximate surface area is 165 Å². The van der Waals surface area contributed by atoms with Gasteiger partial charge in [-0.2, -0.15) is 0 Å². The zero-order chi connectivity index (χ0) is 19.8. The monoisotopic (exact) mass is 382 g/mol. The summed E-state index contributed by atoms with van der Waals surface area (Å²) in [6, 6.07) is 15.3. The van der Waals surface area contributed by atoms with E-state index in [2.05, 4.69) is 10.2 Å². The summed E-state index contributed by atoms with van der Waals surface area (Å²) in [6.45, 7) is 4.00. The van der Waals surface area contributed by atoms with Crippen molar-refractivity contribution in [1.29, 1.82) is 0 Å². The molecule has 1 saturated heterocycles. The molecule has 1 aliphatic heterocycles. The van der Waals surface area contributed by atoms with Gasteiger partial charge in [0.25, 0.3) is 5.91 Å². The van der Waals surface area contributed by atoms with E-state index in [9.17, 15) is 9.59 Å². The van der Waals surface area contributed by atoms with Crippen molar-refractivity contribution in [2.75, 3.05) is 36.5 Å². The van der Waals surface area contributed by atoms with Crippen LogP contribution in [0.1, 0.15) is 24.8 Å². The van der Waals surface area contributed by atoms with Crippen molar-refractivity contribution in [1.82, 2.24) is 0 Å². The van der Waals surface area contributed by atoms with Crippen LogP contribution in [0.4, 0.5) is 11.4 Å². The highest BCUT2D eigenvalue weighted by Gasteiger charge is 2.13. The van der Waals surface area contributed by atoms with Crippen LogP contribution in [0.25, 0.3) is 0 Å². The molecule has 1 fully saturated rings. The fraction of sp³-hybridized carbons (Fsp3) is 0.364. The predicted molar refractivity (Wildman–Crippen MR) is 109 cm³/mol. The minimum atomic E-state index is -0.465. The molecule has 0 aromatic heterocycles. The van der Waals surface area contributed by atoms with Crippen molar-refractivity contribution in [3.05, 3.63) is 54.1 Å². The molecule has 148 valence electrons. The topological polar surface area (TPSA) is 67.9 Å². The van der Waals surface area contributed by atoms with Gasteiger partial charge in [0.1, 0.15) is 5.75 Å². The molecule has 6 heteroatoms. The van der Waals surface area contributed by atoms with Gasteiger partial charge < -0.3 is 19.7 Å². The number of carbonyl (C=O) groups excluding carboxylic acids is 2. The first kappa shape index (κ1) is 19.7. The molecule has 1 amide bonds. The van der Waals surface area contributed by atoms with Gasteiger partial charge in [0.15, 0.2) is 6.61 Å². The van der Waals surface area contributed by atoms with Gasteiger partial charge in [0.05, 0.1) is 13.0 Å². The number of benzene rings is 2. The number of anilines is 2. The third-order valence-electron chi connectivity index (χ3n) is 4.64. The van der Waals surface area contributed by atoms with Crippen LogP contribution in [0, 0.1) is 6.92 Å². The number of rotatable bonds is 8. The molecular formula is C22H26N2O4. The van der Waals surface area contributed by atoms with Gasteiger partial charge >= 0.3 is 5.97 Å².